The lowest BCUT2D eigenvalue weighted by atomic mass is 10.0. The van der Waals surface area contributed by atoms with Gasteiger partial charge in [-0.2, -0.15) is 10.2 Å². The Morgan fingerprint density at radius 3 is 2.74 bits per heavy atom. The second-order valence-corrected chi connectivity index (χ2v) is 9.89. The summed E-state index contributed by atoms with van der Waals surface area (Å²) in [5.74, 6) is 1.08. The molecule has 8 heterocycles. The van der Waals surface area contributed by atoms with Gasteiger partial charge in [0.15, 0.2) is 17.8 Å². The monoisotopic (exact) mass is 562 g/mol. The van der Waals surface area contributed by atoms with Crippen molar-refractivity contribution < 1.29 is 9.47 Å². The first kappa shape index (κ1) is 24.3. The summed E-state index contributed by atoms with van der Waals surface area (Å²) in [6, 6.07) is 5.58. The zero-order valence-electron chi connectivity index (χ0n) is 22.3. The summed E-state index contributed by atoms with van der Waals surface area (Å²) < 4.78 is 13.4. The summed E-state index contributed by atoms with van der Waals surface area (Å²) in [4.78, 5) is 16.4. The first-order valence-corrected chi connectivity index (χ1v) is 13.6. The molecule has 0 aliphatic carbocycles. The molecule has 3 N–H and O–H groups in total. The van der Waals surface area contributed by atoms with E-state index in [0.717, 1.165) is 36.6 Å². The van der Waals surface area contributed by atoms with Gasteiger partial charge in [-0.15, -0.1) is 5.10 Å². The molecule has 210 valence electrons. The van der Waals surface area contributed by atoms with Gasteiger partial charge in [-0.1, -0.05) is 6.08 Å². The largest absolute Gasteiger partial charge is 0.474 e. The third kappa shape index (κ3) is 3.69. The minimum atomic E-state index is -1.42. The molecule has 2 atom stereocenters. The molecule has 4 aromatic heterocycles. The Labute approximate surface area is 240 Å². The van der Waals surface area contributed by atoms with E-state index in [9.17, 15) is 0 Å². The van der Waals surface area contributed by atoms with Crippen LogP contribution in [0.25, 0.3) is 11.4 Å². The number of rotatable bonds is 6. The van der Waals surface area contributed by atoms with Crippen molar-refractivity contribution in [1.29, 1.82) is 0 Å². The van der Waals surface area contributed by atoms with E-state index in [-0.39, 0.29) is 0 Å². The first-order chi connectivity index (χ1) is 20.8. The van der Waals surface area contributed by atoms with Gasteiger partial charge in [0.2, 0.25) is 0 Å². The molecule has 0 radical (unpaired) electrons. The number of anilines is 3. The Morgan fingerprint density at radius 2 is 2.02 bits per heavy atom. The van der Waals surface area contributed by atoms with Crippen molar-refractivity contribution in [3.8, 4) is 17.1 Å². The number of pyridine rings is 1. The number of hydrazine groups is 2. The molecule has 8 rings (SSSR count). The molecule has 4 aliphatic rings. The second-order valence-electron chi connectivity index (χ2n) is 9.89. The van der Waals surface area contributed by atoms with Crippen LogP contribution in [0.1, 0.15) is 17.8 Å². The predicted molar refractivity (Wildman–Crippen MR) is 153 cm³/mol. The molecular weight excluding hydrogens is 536 g/mol. The van der Waals surface area contributed by atoms with Gasteiger partial charge >= 0.3 is 0 Å². The number of fused-ring (bicyclic) bond motifs is 1. The fourth-order valence-corrected chi connectivity index (χ4v) is 5.71. The molecule has 0 bridgehead atoms. The zero-order valence-corrected chi connectivity index (χ0v) is 22.3. The van der Waals surface area contributed by atoms with E-state index in [1.54, 1.807) is 37.2 Å². The Hall–Kier alpha value is -5.50. The topological polar surface area (TPSA) is 145 Å². The van der Waals surface area contributed by atoms with Crippen LogP contribution in [0.4, 0.5) is 17.2 Å². The number of H-pyrrole nitrogens is 1. The highest BCUT2D eigenvalue weighted by atomic mass is 16.6. The highest BCUT2D eigenvalue weighted by molar-refractivity contribution is 5.93. The van der Waals surface area contributed by atoms with E-state index in [2.05, 4.69) is 47.3 Å². The van der Waals surface area contributed by atoms with Gasteiger partial charge in [-0.05, 0) is 42.8 Å². The maximum Gasteiger partial charge on any atom is 0.277 e. The quantitative estimate of drug-likeness (QED) is 0.316. The SMILES string of the molecule is C1=COC(N2c3nc(-c4ccn[nH]4)c(N4CC=CN4)c(N4CCCN4)c3OC2(c2cnccn2)c2cccnn2)C=C1. The van der Waals surface area contributed by atoms with Crippen LogP contribution < -0.4 is 30.5 Å². The fourth-order valence-electron chi connectivity index (χ4n) is 5.71. The molecule has 0 aromatic carbocycles. The Kier molecular flexibility index (Phi) is 5.70. The van der Waals surface area contributed by atoms with Crippen LogP contribution in [0.5, 0.6) is 5.75 Å². The van der Waals surface area contributed by atoms with E-state index in [0.29, 0.717) is 35.2 Å². The summed E-state index contributed by atoms with van der Waals surface area (Å²) in [5, 5.41) is 20.3. The summed E-state index contributed by atoms with van der Waals surface area (Å²) >= 11 is 0. The van der Waals surface area contributed by atoms with E-state index < -0.39 is 12.0 Å². The zero-order chi connectivity index (χ0) is 27.9. The van der Waals surface area contributed by atoms with Crippen LogP contribution in [-0.2, 0) is 10.5 Å². The fraction of sp³-hybridized carbons (Fsp3) is 0.214. The Balaban J connectivity index is 1.46. The van der Waals surface area contributed by atoms with Crippen LogP contribution in [-0.4, -0.2) is 61.2 Å². The van der Waals surface area contributed by atoms with Crippen LogP contribution in [0.3, 0.4) is 0 Å². The Bertz CT molecular complexity index is 1620. The normalized spacial score (nSPS) is 22.3. The van der Waals surface area contributed by atoms with E-state index >= 15 is 0 Å². The molecule has 0 spiro atoms. The van der Waals surface area contributed by atoms with Crippen molar-refractivity contribution >= 4 is 17.2 Å². The second kappa shape index (κ2) is 9.85. The molecule has 2 unspecified atom stereocenters. The minimum absolute atomic E-state index is 0.501. The summed E-state index contributed by atoms with van der Waals surface area (Å²) in [6.07, 6.45) is 19.9. The highest BCUT2D eigenvalue weighted by Crippen LogP contribution is 2.58. The smallest absolute Gasteiger partial charge is 0.277 e. The Morgan fingerprint density at radius 1 is 1.02 bits per heavy atom. The van der Waals surface area contributed by atoms with Gasteiger partial charge < -0.3 is 19.9 Å². The number of ether oxygens (including phenoxy) is 2. The average molecular weight is 563 g/mol. The molecule has 1 fully saturated rings. The number of nitrogens with zero attached hydrogens (tertiary/aromatic N) is 9. The van der Waals surface area contributed by atoms with Gasteiger partial charge in [-0.3, -0.25) is 25.0 Å². The molecule has 0 saturated carbocycles. The molecule has 14 nitrogen and oxygen atoms in total. The lowest BCUT2D eigenvalue weighted by Gasteiger charge is -2.39. The average Bonchev–Trinajstić information content (AvgIpc) is 3.88. The summed E-state index contributed by atoms with van der Waals surface area (Å²) in [5.41, 5.74) is 9.54. The van der Waals surface area contributed by atoms with Gasteiger partial charge in [0.1, 0.15) is 28.5 Å². The van der Waals surface area contributed by atoms with Gasteiger partial charge in [0, 0.05) is 44.1 Å². The number of aromatic nitrogens is 7. The van der Waals surface area contributed by atoms with Gasteiger partial charge in [-0.25, -0.2) is 10.4 Å². The van der Waals surface area contributed by atoms with Crippen molar-refractivity contribution in [2.75, 3.05) is 34.6 Å². The number of aromatic amines is 1. The molecule has 4 aromatic rings. The number of hydrogen-bond acceptors (Lipinski definition) is 13. The van der Waals surface area contributed by atoms with Crippen LogP contribution >= 0.6 is 0 Å². The molecule has 0 amide bonds. The van der Waals surface area contributed by atoms with Crippen molar-refractivity contribution in [2.24, 2.45) is 0 Å². The molecule has 1 saturated heterocycles. The first-order valence-electron chi connectivity index (χ1n) is 13.6. The third-order valence-electron chi connectivity index (χ3n) is 7.46. The number of allylic oxidation sites excluding steroid dienone is 2. The van der Waals surface area contributed by atoms with Crippen molar-refractivity contribution in [3.63, 3.8) is 0 Å². The molecular formula is C28H26N12O2. The molecule has 4 aliphatic heterocycles. The van der Waals surface area contributed by atoms with E-state index in [1.165, 1.54) is 0 Å². The lowest BCUT2D eigenvalue weighted by molar-refractivity contribution is 0.0654. The molecule has 14 heteroatoms. The standard InChI is InChI=1S/C28H26N12O2/c1-2-17-41-22(7-1)40-27-26(42-28(40,20-6-3-9-31-37-20)21-18-29-13-14-30-21)25(39-16-5-11-34-39)24(38-15-4-10-33-38)23(35-27)19-8-12-32-36-19/h1-4,6-10,12-14,17-18,22,33-34H,5,11,15-16H2,(H,32,36). The maximum absolute atomic E-state index is 7.19. The van der Waals surface area contributed by atoms with E-state index in [1.807, 2.05) is 52.5 Å². The highest BCUT2D eigenvalue weighted by Gasteiger charge is 2.58. The summed E-state index contributed by atoms with van der Waals surface area (Å²) in [7, 11) is 0. The maximum atomic E-state index is 7.19. The van der Waals surface area contributed by atoms with Gasteiger partial charge in [0.25, 0.3) is 5.72 Å². The third-order valence-corrected chi connectivity index (χ3v) is 7.46. The summed E-state index contributed by atoms with van der Waals surface area (Å²) in [6.45, 7) is 2.22. The number of hydrogen-bond donors (Lipinski definition) is 3. The van der Waals surface area contributed by atoms with Crippen molar-refractivity contribution in [2.45, 2.75) is 18.4 Å². The van der Waals surface area contributed by atoms with Gasteiger partial charge in [0.05, 0.1) is 24.7 Å². The van der Waals surface area contributed by atoms with Crippen molar-refractivity contribution in [3.05, 3.63) is 97.3 Å². The van der Waals surface area contributed by atoms with Crippen LogP contribution in [0, 0.1) is 0 Å². The number of nitrogens with one attached hydrogen (secondary N) is 3. The lowest BCUT2D eigenvalue weighted by Crippen LogP contribution is -2.54. The van der Waals surface area contributed by atoms with Crippen LogP contribution in [0.2, 0.25) is 0 Å². The van der Waals surface area contributed by atoms with Crippen LogP contribution in [0.15, 0.2) is 85.9 Å². The predicted octanol–water partition coefficient (Wildman–Crippen LogP) is 2.13. The van der Waals surface area contributed by atoms with Crippen molar-refractivity contribution in [1.82, 2.24) is 46.2 Å². The molecule has 42 heavy (non-hydrogen) atoms. The minimum Gasteiger partial charge on any atom is -0.474 e. The van der Waals surface area contributed by atoms with E-state index in [4.69, 9.17) is 19.4 Å².